The second-order valence-corrected chi connectivity index (χ2v) is 8.85. The number of rotatable bonds is 8. The van der Waals surface area contributed by atoms with Crippen LogP contribution < -0.4 is 10.1 Å². The molecule has 0 saturated heterocycles. The van der Waals surface area contributed by atoms with Crippen molar-refractivity contribution in [3.63, 3.8) is 0 Å². The van der Waals surface area contributed by atoms with Gasteiger partial charge in [0.1, 0.15) is 5.75 Å². The van der Waals surface area contributed by atoms with E-state index in [1.165, 1.54) is 18.4 Å². The minimum absolute atomic E-state index is 0.294. The van der Waals surface area contributed by atoms with Gasteiger partial charge in [-0.1, -0.05) is 30.3 Å². The Balaban J connectivity index is 2.07. The van der Waals surface area contributed by atoms with Crippen LogP contribution in [0.25, 0.3) is 0 Å². The molecule has 158 valence electrons. The van der Waals surface area contributed by atoms with Gasteiger partial charge in [-0.25, -0.2) is 12.7 Å². The molecule has 0 unspecified atom stereocenters. The molecule has 2 aromatic rings. The van der Waals surface area contributed by atoms with Crippen LogP contribution in [0.15, 0.2) is 58.4 Å². The number of aliphatic imine (C=N–C) groups is 1. The summed E-state index contributed by atoms with van der Waals surface area (Å²) in [6.45, 7) is 3.60. The Morgan fingerprint density at radius 1 is 1.07 bits per heavy atom. The zero-order chi connectivity index (χ0) is 21.4. The van der Waals surface area contributed by atoms with Gasteiger partial charge in [0.2, 0.25) is 10.0 Å². The van der Waals surface area contributed by atoms with Gasteiger partial charge in [-0.3, -0.25) is 4.99 Å². The zero-order valence-electron chi connectivity index (χ0n) is 17.7. The summed E-state index contributed by atoms with van der Waals surface area (Å²) in [4.78, 5) is 6.60. The Kier molecular flexibility index (Phi) is 8.04. The van der Waals surface area contributed by atoms with Crippen molar-refractivity contribution in [3.05, 3.63) is 59.7 Å². The standard InChI is InChI=1S/C21H30N4O3S/c1-6-28-19-13-11-17(12-14-19)16-25(5)21(22-2)23-15-18-9-7-8-10-20(18)29(26,27)24(3)4/h7-14H,6,15-16H2,1-5H3,(H,22,23). The molecule has 0 aromatic heterocycles. The highest BCUT2D eigenvalue weighted by Gasteiger charge is 2.20. The van der Waals surface area contributed by atoms with E-state index in [0.29, 0.717) is 36.1 Å². The van der Waals surface area contributed by atoms with Gasteiger partial charge in [0.05, 0.1) is 11.5 Å². The molecule has 0 aliphatic rings. The van der Waals surface area contributed by atoms with Gasteiger partial charge in [0.25, 0.3) is 0 Å². The van der Waals surface area contributed by atoms with Gasteiger partial charge in [0, 0.05) is 41.3 Å². The lowest BCUT2D eigenvalue weighted by Gasteiger charge is -2.23. The van der Waals surface area contributed by atoms with Crippen LogP contribution in [-0.2, 0) is 23.1 Å². The summed E-state index contributed by atoms with van der Waals surface area (Å²) < 4.78 is 31.8. The van der Waals surface area contributed by atoms with E-state index in [-0.39, 0.29) is 0 Å². The molecule has 0 atom stereocenters. The Hall–Kier alpha value is -2.58. The van der Waals surface area contributed by atoms with Gasteiger partial charge in [-0.15, -0.1) is 0 Å². The lowest BCUT2D eigenvalue weighted by Crippen LogP contribution is -2.38. The van der Waals surface area contributed by atoms with Gasteiger partial charge in [-0.05, 0) is 36.2 Å². The maximum absolute atomic E-state index is 12.6. The molecule has 0 aliphatic heterocycles. The van der Waals surface area contributed by atoms with E-state index < -0.39 is 10.0 Å². The number of nitrogens with one attached hydrogen (secondary N) is 1. The Bertz CT molecular complexity index is 925. The normalized spacial score (nSPS) is 12.1. The lowest BCUT2D eigenvalue weighted by molar-refractivity contribution is 0.340. The largest absolute Gasteiger partial charge is 0.494 e. The number of benzene rings is 2. The van der Waals surface area contributed by atoms with Crippen LogP contribution >= 0.6 is 0 Å². The first-order chi connectivity index (χ1) is 13.8. The predicted octanol–water partition coefficient (Wildman–Crippen LogP) is 2.54. The molecule has 0 spiro atoms. The van der Waals surface area contributed by atoms with Crippen LogP contribution in [0.5, 0.6) is 5.75 Å². The van der Waals surface area contributed by atoms with Gasteiger partial charge < -0.3 is 15.0 Å². The Morgan fingerprint density at radius 3 is 2.31 bits per heavy atom. The van der Waals surface area contributed by atoms with Crippen LogP contribution in [0.3, 0.4) is 0 Å². The quantitative estimate of drug-likeness (QED) is 0.527. The van der Waals surface area contributed by atoms with E-state index in [1.807, 2.05) is 55.3 Å². The van der Waals surface area contributed by atoms with E-state index in [9.17, 15) is 8.42 Å². The fraction of sp³-hybridized carbons (Fsp3) is 0.381. The lowest BCUT2D eigenvalue weighted by atomic mass is 10.2. The molecule has 0 radical (unpaired) electrons. The molecular formula is C21H30N4O3S. The average molecular weight is 419 g/mol. The summed E-state index contributed by atoms with van der Waals surface area (Å²) in [5.41, 5.74) is 1.81. The van der Waals surface area contributed by atoms with Crippen molar-refractivity contribution >= 4 is 16.0 Å². The van der Waals surface area contributed by atoms with Crippen LogP contribution in [-0.4, -0.2) is 58.4 Å². The molecular weight excluding hydrogens is 388 g/mol. The molecule has 0 bridgehead atoms. The van der Waals surface area contributed by atoms with E-state index in [0.717, 1.165) is 11.3 Å². The number of hydrogen-bond donors (Lipinski definition) is 1. The first-order valence-corrected chi connectivity index (χ1v) is 10.9. The first kappa shape index (κ1) is 22.7. The fourth-order valence-electron chi connectivity index (χ4n) is 2.86. The summed E-state index contributed by atoms with van der Waals surface area (Å²) in [7, 11) is 3.20. The third-order valence-electron chi connectivity index (χ3n) is 4.40. The minimum Gasteiger partial charge on any atom is -0.494 e. The number of sulfonamides is 1. The van der Waals surface area contributed by atoms with Gasteiger partial charge in [-0.2, -0.15) is 0 Å². The van der Waals surface area contributed by atoms with Gasteiger partial charge >= 0.3 is 0 Å². The second kappa shape index (κ2) is 10.3. The molecule has 8 heteroatoms. The number of ether oxygens (including phenoxy) is 1. The van der Waals surface area contributed by atoms with E-state index in [4.69, 9.17) is 4.74 Å². The number of hydrogen-bond acceptors (Lipinski definition) is 4. The molecule has 2 rings (SSSR count). The molecule has 0 fully saturated rings. The van der Waals surface area contributed by atoms with Gasteiger partial charge in [0.15, 0.2) is 5.96 Å². The maximum atomic E-state index is 12.6. The van der Waals surface area contributed by atoms with Crippen LogP contribution in [0.4, 0.5) is 0 Å². The molecule has 0 amide bonds. The third kappa shape index (κ3) is 5.95. The van der Waals surface area contributed by atoms with Crippen molar-refractivity contribution in [3.8, 4) is 5.75 Å². The summed E-state index contributed by atoms with van der Waals surface area (Å²) in [6.07, 6.45) is 0. The summed E-state index contributed by atoms with van der Waals surface area (Å²) >= 11 is 0. The fourth-order valence-corrected chi connectivity index (χ4v) is 3.98. The molecule has 2 aromatic carbocycles. The molecule has 0 heterocycles. The number of nitrogens with zero attached hydrogens (tertiary/aromatic N) is 3. The van der Waals surface area contributed by atoms with E-state index >= 15 is 0 Å². The molecule has 0 saturated carbocycles. The highest BCUT2D eigenvalue weighted by Crippen LogP contribution is 2.18. The van der Waals surface area contributed by atoms with Crippen molar-refractivity contribution in [2.75, 3.05) is 34.8 Å². The van der Waals surface area contributed by atoms with Crippen molar-refractivity contribution < 1.29 is 13.2 Å². The van der Waals surface area contributed by atoms with Crippen LogP contribution in [0.1, 0.15) is 18.1 Å². The van der Waals surface area contributed by atoms with E-state index in [1.54, 1.807) is 19.2 Å². The topological polar surface area (TPSA) is 74.2 Å². The van der Waals surface area contributed by atoms with Crippen LogP contribution in [0, 0.1) is 0 Å². The minimum atomic E-state index is -3.51. The molecule has 1 N–H and O–H groups in total. The molecule has 7 nitrogen and oxygen atoms in total. The molecule has 29 heavy (non-hydrogen) atoms. The van der Waals surface area contributed by atoms with Crippen molar-refractivity contribution in [2.24, 2.45) is 4.99 Å². The Morgan fingerprint density at radius 2 is 1.72 bits per heavy atom. The predicted molar refractivity (Wildman–Crippen MR) is 117 cm³/mol. The highest BCUT2D eigenvalue weighted by atomic mass is 32.2. The first-order valence-electron chi connectivity index (χ1n) is 9.43. The monoisotopic (exact) mass is 418 g/mol. The average Bonchev–Trinajstić information content (AvgIpc) is 2.70. The van der Waals surface area contributed by atoms with Crippen LogP contribution in [0.2, 0.25) is 0 Å². The third-order valence-corrected chi connectivity index (χ3v) is 6.31. The smallest absolute Gasteiger partial charge is 0.242 e. The number of guanidine groups is 1. The summed E-state index contributed by atoms with van der Waals surface area (Å²) in [5, 5.41) is 3.26. The second-order valence-electron chi connectivity index (χ2n) is 6.73. The summed E-state index contributed by atoms with van der Waals surface area (Å²) in [5.74, 6) is 1.52. The maximum Gasteiger partial charge on any atom is 0.242 e. The van der Waals surface area contributed by atoms with E-state index in [2.05, 4.69) is 10.3 Å². The molecule has 0 aliphatic carbocycles. The van der Waals surface area contributed by atoms with Crippen molar-refractivity contribution in [1.82, 2.24) is 14.5 Å². The highest BCUT2D eigenvalue weighted by molar-refractivity contribution is 7.89. The van der Waals surface area contributed by atoms with Crippen molar-refractivity contribution in [1.29, 1.82) is 0 Å². The van der Waals surface area contributed by atoms with Crippen molar-refractivity contribution in [2.45, 2.75) is 24.9 Å². The zero-order valence-corrected chi connectivity index (χ0v) is 18.5. The summed E-state index contributed by atoms with van der Waals surface area (Å²) in [6, 6.07) is 14.9. The SMILES string of the molecule is CCOc1ccc(CN(C)C(=NC)NCc2ccccc2S(=O)(=O)N(C)C)cc1. The Labute approximate surface area is 174 Å².